The number of phenolic OH excluding ortho intramolecular Hbond substituents is 5. The van der Waals surface area contributed by atoms with Gasteiger partial charge in [0.25, 0.3) is 0 Å². The first-order valence-corrected chi connectivity index (χ1v) is 12.6. The number of phenols is 5. The topological polar surface area (TPSA) is 137 Å². The van der Waals surface area contributed by atoms with Gasteiger partial charge in [-0.25, -0.2) is 0 Å². The number of ether oxygens (including phenoxy) is 2. The van der Waals surface area contributed by atoms with Gasteiger partial charge in [-0.05, 0) is 64.5 Å². The van der Waals surface area contributed by atoms with E-state index in [0.717, 1.165) is 23.3 Å². The lowest BCUT2D eigenvalue weighted by atomic mass is 9.88. The molecule has 2 aliphatic rings. The van der Waals surface area contributed by atoms with Crippen LogP contribution >= 0.6 is 0 Å². The number of Topliss-reactive ketones (excluding diaryl/α,β-unsaturated/α-hetero) is 1. The molecule has 0 saturated heterocycles. The van der Waals surface area contributed by atoms with Gasteiger partial charge in [0.2, 0.25) is 0 Å². The molecule has 0 aliphatic carbocycles. The summed E-state index contributed by atoms with van der Waals surface area (Å²) in [5.74, 6) is -1.62. The van der Waals surface area contributed by atoms with Crippen molar-refractivity contribution in [3.8, 4) is 51.4 Å². The maximum Gasteiger partial charge on any atom is 0.170 e. The third kappa shape index (κ3) is 4.63. The summed E-state index contributed by atoms with van der Waals surface area (Å²) in [4.78, 5) is 13.5. The minimum Gasteiger partial charge on any atom is -0.508 e. The number of carbonyl (C=O) groups excluding carboxylic acids is 1. The van der Waals surface area contributed by atoms with E-state index in [2.05, 4.69) is 0 Å². The molecule has 5 rings (SSSR count). The Morgan fingerprint density at radius 1 is 0.949 bits per heavy atom. The summed E-state index contributed by atoms with van der Waals surface area (Å²) in [6.07, 6.45) is 4.90. The molecule has 5 N–H and O–H groups in total. The van der Waals surface area contributed by atoms with E-state index in [4.69, 9.17) is 9.47 Å². The smallest absolute Gasteiger partial charge is 0.170 e. The average molecular weight is 531 g/mol. The van der Waals surface area contributed by atoms with Gasteiger partial charge in [0.1, 0.15) is 40.5 Å². The van der Waals surface area contributed by atoms with Gasteiger partial charge >= 0.3 is 0 Å². The Labute approximate surface area is 225 Å². The summed E-state index contributed by atoms with van der Waals surface area (Å²) >= 11 is 0. The summed E-state index contributed by atoms with van der Waals surface area (Å²) in [7, 11) is 0. The first kappa shape index (κ1) is 26.0. The van der Waals surface area contributed by atoms with Crippen molar-refractivity contribution in [2.75, 3.05) is 0 Å². The minimum absolute atomic E-state index is 0.00919. The normalized spacial score (nSPS) is 17.0. The lowest BCUT2D eigenvalue weighted by molar-refractivity contribution is 0.0838. The van der Waals surface area contributed by atoms with Crippen molar-refractivity contribution in [2.45, 2.75) is 52.2 Å². The zero-order valence-corrected chi connectivity index (χ0v) is 22.1. The van der Waals surface area contributed by atoms with Gasteiger partial charge in [-0.3, -0.25) is 4.79 Å². The summed E-state index contributed by atoms with van der Waals surface area (Å²) < 4.78 is 12.7. The van der Waals surface area contributed by atoms with Gasteiger partial charge < -0.3 is 35.0 Å². The summed E-state index contributed by atoms with van der Waals surface area (Å²) in [5.41, 5.74) is 2.17. The van der Waals surface area contributed by atoms with E-state index in [1.165, 1.54) is 12.1 Å². The molecule has 0 radical (unpaired) electrons. The van der Waals surface area contributed by atoms with Gasteiger partial charge in [0.15, 0.2) is 17.3 Å². The highest BCUT2D eigenvalue weighted by Crippen LogP contribution is 2.53. The average Bonchev–Trinajstić information content (AvgIpc) is 2.84. The Hall–Kier alpha value is -4.59. The first-order valence-electron chi connectivity index (χ1n) is 12.6. The quantitative estimate of drug-likeness (QED) is 0.151. The van der Waals surface area contributed by atoms with E-state index in [-0.39, 0.29) is 46.1 Å². The van der Waals surface area contributed by atoms with Crippen LogP contribution in [0.4, 0.5) is 0 Å². The lowest BCUT2D eigenvalue weighted by Crippen LogP contribution is -2.29. The fourth-order valence-corrected chi connectivity index (χ4v) is 4.94. The third-order valence-corrected chi connectivity index (χ3v) is 6.91. The Morgan fingerprint density at radius 3 is 2.38 bits per heavy atom. The minimum atomic E-state index is -1.15. The molecule has 0 amide bonds. The highest BCUT2D eigenvalue weighted by molar-refractivity contribution is 6.02. The molecule has 0 aromatic heterocycles. The second kappa shape index (κ2) is 9.31. The summed E-state index contributed by atoms with van der Waals surface area (Å²) in [5, 5.41) is 52.7. The van der Waals surface area contributed by atoms with Crippen LogP contribution in [0.1, 0.15) is 67.3 Å². The van der Waals surface area contributed by atoms with Crippen molar-refractivity contribution in [3.63, 3.8) is 0 Å². The largest absolute Gasteiger partial charge is 0.508 e. The van der Waals surface area contributed by atoms with Crippen molar-refractivity contribution >= 4 is 11.9 Å². The van der Waals surface area contributed by atoms with Gasteiger partial charge in [-0.2, -0.15) is 0 Å². The number of carbonyl (C=O) groups is 1. The van der Waals surface area contributed by atoms with Crippen LogP contribution in [0.25, 0.3) is 17.2 Å². The molecule has 1 unspecified atom stereocenters. The molecule has 202 valence electrons. The standard InChI is InChI=1S/C31H30O8/c1-15(2)5-7-19-29-16(9-10-31(3,4)39-29)11-21-23(34)14-25(38-30(19)21)26-27(36)20(13-24(35)28(26)37)18-8-6-17(32)12-22(18)33/h5-6,8-13,25,32-33,35-37H,7,14H2,1-4H3. The van der Waals surface area contributed by atoms with E-state index < -0.39 is 29.0 Å². The number of hydrogen-bond donors (Lipinski definition) is 5. The maximum atomic E-state index is 13.5. The van der Waals surface area contributed by atoms with Crippen LogP contribution in [-0.2, 0) is 6.42 Å². The number of ketones is 1. The second-order valence-electron chi connectivity index (χ2n) is 10.7. The van der Waals surface area contributed by atoms with Crippen molar-refractivity contribution < 1.29 is 39.8 Å². The zero-order chi connectivity index (χ0) is 28.2. The highest BCUT2D eigenvalue weighted by atomic mass is 16.5. The van der Waals surface area contributed by atoms with Crippen LogP contribution in [0.15, 0.2) is 48.1 Å². The molecular weight excluding hydrogens is 500 g/mol. The van der Waals surface area contributed by atoms with E-state index in [9.17, 15) is 30.3 Å². The van der Waals surface area contributed by atoms with Gasteiger partial charge in [0.05, 0.1) is 17.5 Å². The summed E-state index contributed by atoms with van der Waals surface area (Å²) in [6, 6.07) is 6.58. The monoisotopic (exact) mass is 530 g/mol. The Kier molecular flexibility index (Phi) is 6.21. The van der Waals surface area contributed by atoms with Crippen molar-refractivity contribution in [1.29, 1.82) is 0 Å². The van der Waals surface area contributed by atoms with Crippen molar-refractivity contribution in [3.05, 3.63) is 70.3 Å². The van der Waals surface area contributed by atoms with Crippen molar-refractivity contribution in [1.82, 2.24) is 0 Å². The molecule has 3 aromatic carbocycles. The van der Waals surface area contributed by atoms with E-state index in [1.54, 1.807) is 6.07 Å². The Bertz CT molecular complexity index is 1570. The fourth-order valence-electron chi connectivity index (χ4n) is 4.94. The maximum absolute atomic E-state index is 13.5. The number of rotatable bonds is 4. The number of hydrogen-bond acceptors (Lipinski definition) is 8. The molecule has 8 heteroatoms. The van der Waals surface area contributed by atoms with E-state index in [0.29, 0.717) is 23.3 Å². The zero-order valence-electron chi connectivity index (χ0n) is 22.1. The lowest BCUT2D eigenvalue weighted by Gasteiger charge is -2.34. The molecular formula is C31H30O8. The highest BCUT2D eigenvalue weighted by Gasteiger charge is 2.37. The molecule has 2 heterocycles. The van der Waals surface area contributed by atoms with Crippen LogP contribution in [0.5, 0.6) is 40.2 Å². The van der Waals surface area contributed by atoms with Crippen molar-refractivity contribution in [2.24, 2.45) is 0 Å². The Morgan fingerprint density at radius 2 is 1.69 bits per heavy atom. The van der Waals surface area contributed by atoms with Crippen LogP contribution in [0, 0.1) is 0 Å². The molecule has 1 atom stereocenters. The molecule has 3 aromatic rings. The SMILES string of the molecule is CC(C)=CCc1c2c(cc3c1OC(c1c(O)c(O)cc(-c4ccc(O)cc4O)c1O)CC3=O)C=CC(C)(C)O2. The molecule has 8 nitrogen and oxygen atoms in total. The molecule has 2 aliphatic heterocycles. The van der Waals surface area contributed by atoms with Crippen LogP contribution in [0.3, 0.4) is 0 Å². The molecule has 39 heavy (non-hydrogen) atoms. The predicted octanol–water partition coefficient (Wildman–Crippen LogP) is 6.28. The molecule has 0 spiro atoms. The predicted molar refractivity (Wildman–Crippen MR) is 146 cm³/mol. The van der Waals surface area contributed by atoms with E-state index in [1.807, 2.05) is 45.9 Å². The Balaban J connectivity index is 1.68. The van der Waals surface area contributed by atoms with Crippen LogP contribution in [0.2, 0.25) is 0 Å². The molecule has 0 bridgehead atoms. The van der Waals surface area contributed by atoms with E-state index >= 15 is 0 Å². The number of benzene rings is 3. The molecule has 0 fully saturated rings. The van der Waals surface area contributed by atoms with Gasteiger partial charge in [-0.15, -0.1) is 0 Å². The number of aromatic hydroxyl groups is 5. The van der Waals surface area contributed by atoms with Gasteiger partial charge in [0, 0.05) is 28.3 Å². The third-order valence-electron chi connectivity index (χ3n) is 6.91. The van der Waals surface area contributed by atoms with Crippen LogP contribution < -0.4 is 9.47 Å². The van der Waals surface area contributed by atoms with Gasteiger partial charge in [-0.1, -0.05) is 17.7 Å². The van der Waals surface area contributed by atoms with Crippen LogP contribution in [-0.4, -0.2) is 36.9 Å². The fraction of sp³-hybridized carbons (Fsp3) is 0.258. The molecule has 0 saturated carbocycles. The first-order chi connectivity index (χ1) is 18.4. The number of fused-ring (bicyclic) bond motifs is 2. The summed E-state index contributed by atoms with van der Waals surface area (Å²) in [6.45, 7) is 7.78. The second-order valence-corrected chi connectivity index (χ2v) is 10.7. The number of allylic oxidation sites excluding steroid dienone is 2.